The molecule has 17 heavy (non-hydrogen) atoms. The van der Waals surface area contributed by atoms with Crippen LogP contribution in [0.15, 0.2) is 6.20 Å². The average Bonchev–Trinajstić information content (AvgIpc) is 2.70. The highest BCUT2D eigenvalue weighted by Crippen LogP contribution is 2.07. The highest BCUT2D eigenvalue weighted by molar-refractivity contribution is 5.99. The van der Waals surface area contributed by atoms with E-state index in [9.17, 15) is 9.59 Å². The number of nitrogen functional groups attached to an aromatic ring is 1. The molecule has 1 amide bonds. The molecule has 1 atom stereocenters. The molecule has 0 saturated heterocycles. The molecule has 7 nitrogen and oxygen atoms in total. The molecule has 0 aliphatic rings. The molecule has 0 radical (unpaired) electrons. The molecule has 1 rings (SSSR count). The van der Waals surface area contributed by atoms with Gasteiger partial charge in [0.1, 0.15) is 17.4 Å². The smallest absolute Gasteiger partial charge is 0.326 e. The monoisotopic (exact) mass is 240 g/mol. The van der Waals surface area contributed by atoms with Crippen LogP contribution in [0.2, 0.25) is 0 Å². The Morgan fingerprint density at radius 3 is 2.82 bits per heavy atom. The molecule has 7 heteroatoms. The first-order valence-corrected chi connectivity index (χ1v) is 5.38. The minimum atomic E-state index is -1.05. The maximum Gasteiger partial charge on any atom is 0.326 e. The number of aromatic nitrogens is 2. The molecule has 94 valence electrons. The second-order valence-corrected chi connectivity index (χ2v) is 3.70. The quantitative estimate of drug-likeness (QED) is 0.572. The fraction of sp³-hybridized carbons (Fsp3) is 0.500. The summed E-state index contributed by atoms with van der Waals surface area (Å²) >= 11 is 0. The van der Waals surface area contributed by atoms with Gasteiger partial charge in [-0.1, -0.05) is 19.8 Å². The van der Waals surface area contributed by atoms with E-state index < -0.39 is 17.9 Å². The third kappa shape index (κ3) is 3.47. The molecule has 1 aromatic heterocycles. The summed E-state index contributed by atoms with van der Waals surface area (Å²) in [4.78, 5) is 22.6. The van der Waals surface area contributed by atoms with Gasteiger partial charge in [0.15, 0.2) is 0 Å². The Morgan fingerprint density at radius 2 is 2.35 bits per heavy atom. The number of unbranched alkanes of at least 4 members (excludes halogenated alkanes) is 1. The van der Waals surface area contributed by atoms with Crippen LogP contribution in [0.1, 0.15) is 36.5 Å². The Balaban J connectivity index is 2.64. The highest BCUT2D eigenvalue weighted by atomic mass is 16.4. The van der Waals surface area contributed by atoms with Crippen molar-refractivity contribution in [2.75, 3.05) is 5.73 Å². The van der Waals surface area contributed by atoms with Gasteiger partial charge in [-0.3, -0.25) is 9.89 Å². The largest absolute Gasteiger partial charge is 0.480 e. The third-order valence-electron chi connectivity index (χ3n) is 2.36. The average molecular weight is 240 g/mol. The molecule has 1 heterocycles. The van der Waals surface area contributed by atoms with E-state index in [1.54, 1.807) is 0 Å². The zero-order chi connectivity index (χ0) is 12.8. The summed E-state index contributed by atoms with van der Waals surface area (Å²) < 4.78 is 0. The number of carbonyl (C=O) groups excluding carboxylic acids is 1. The van der Waals surface area contributed by atoms with Crippen molar-refractivity contribution in [3.63, 3.8) is 0 Å². The van der Waals surface area contributed by atoms with Crippen molar-refractivity contribution in [3.05, 3.63) is 11.8 Å². The Morgan fingerprint density at radius 1 is 1.65 bits per heavy atom. The number of carboxylic acids is 1. The van der Waals surface area contributed by atoms with Gasteiger partial charge < -0.3 is 16.2 Å². The molecular formula is C10H16N4O3. The molecular weight excluding hydrogens is 224 g/mol. The van der Waals surface area contributed by atoms with Gasteiger partial charge in [-0.15, -0.1) is 0 Å². The first kappa shape index (κ1) is 13.0. The number of carbonyl (C=O) groups is 2. The van der Waals surface area contributed by atoms with Crippen LogP contribution in [0.3, 0.4) is 0 Å². The lowest BCUT2D eigenvalue weighted by atomic mass is 10.1. The summed E-state index contributed by atoms with van der Waals surface area (Å²) in [6.45, 7) is 1.95. The lowest BCUT2D eigenvalue weighted by molar-refractivity contribution is -0.139. The fourth-order valence-electron chi connectivity index (χ4n) is 1.38. The van der Waals surface area contributed by atoms with Crippen LogP contribution in [0.4, 0.5) is 5.82 Å². The molecule has 0 aliphatic heterocycles. The van der Waals surface area contributed by atoms with Gasteiger partial charge in [-0.25, -0.2) is 4.79 Å². The maximum atomic E-state index is 11.7. The van der Waals surface area contributed by atoms with E-state index in [-0.39, 0.29) is 11.4 Å². The molecule has 0 aromatic carbocycles. The predicted octanol–water partition coefficient (Wildman–Crippen LogP) is 0.365. The van der Waals surface area contributed by atoms with Gasteiger partial charge in [0, 0.05) is 0 Å². The van der Waals surface area contributed by atoms with Crippen molar-refractivity contribution in [3.8, 4) is 0 Å². The third-order valence-corrected chi connectivity index (χ3v) is 2.36. The van der Waals surface area contributed by atoms with E-state index in [4.69, 9.17) is 10.8 Å². The van der Waals surface area contributed by atoms with Crippen LogP contribution >= 0.6 is 0 Å². The van der Waals surface area contributed by atoms with E-state index in [0.29, 0.717) is 6.42 Å². The van der Waals surface area contributed by atoms with E-state index in [1.165, 1.54) is 6.20 Å². The minimum absolute atomic E-state index is 0.127. The Hall–Kier alpha value is -2.05. The van der Waals surface area contributed by atoms with E-state index >= 15 is 0 Å². The number of nitrogens with two attached hydrogens (primary N) is 1. The van der Waals surface area contributed by atoms with Crippen molar-refractivity contribution in [1.82, 2.24) is 15.5 Å². The second kappa shape index (κ2) is 5.88. The first-order valence-electron chi connectivity index (χ1n) is 5.38. The number of anilines is 1. The number of hydrogen-bond donors (Lipinski definition) is 4. The van der Waals surface area contributed by atoms with Crippen LogP contribution in [0, 0.1) is 0 Å². The van der Waals surface area contributed by atoms with Gasteiger partial charge in [0.2, 0.25) is 0 Å². The molecule has 5 N–H and O–H groups in total. The molecule has 0 bridgehead atoms. The van der Waals surface area contributed by atoms with E-state index in [0.717, 1.165) is 12.8 Å². The number of aliphatic carboxylic acids is 1. The van der Waals surface area contributed by atoms with Crippen LogP contribution in [-0.4, -0.2) is 33.2 Å². The van der Waals surface area contributed by atoms with Gasteiger partial charge in [-0.2, -0.15) is 5.10 Å². The van der Waals surface area contributed by atoms with Crippen LogP contribution < -0.4 is 11.1 Å². The Kier molecular flexibility index (Phi) is 4.50. The minimum Gasteiger partial charge on any atom is -0.480 e. The number of nitrogens with zero attached hydrogens (tertiary/aromatic N) is 1. The maximum absolute atomic E-state index is 11.7. The predicted molar refractivity (Wildman–Crippen MR) is 61.4 cm³/mol. The Bertz CT molecular complexity index is 402. The Labute approximate surface area is 98.4 Å². The standard InChI is InChI=1S/C10H16N4O3/c1-2-3-4-7(10(16)17)13-9(15)6-5-12-14-8(6)11/h5,7H,2-4H2,1H3,(H,13,15)(H,16,17)(H3,11,12,14). The SMILES string of the molecule is CCCCC(NC(=O)c1cn[nH]c1N)C(=O)O. The van der Waals surface area contributed by atoms with Crippen molar-refractivity contribution >= 4 is 17.7 Å². The summed E-state index contributed by atoms with van der Waals surface area (Å²) in [5.41, 5.74) is 5.63. The van der Waals surface area contributed by atoms with Crippen molar-refractivity contribution in [2.24, 2.45) is 0 Å². The molecule has 0 spiro atoms. The number of rotatable bonds is 6. The lowest BCUT2D eigenvalue weighted by Crippen LogP contribution is -2.40. The van der Waals surface area contributed by atoms with E-state index in [2.05, 4.69) is 15.5 Å². The molecule has 0 saturated carbocycles. The zero-order valence-corrected chi connectivity index (χ0v) is 9.56. The summed E-state index contributed by atoms with van der Waals surface area (Å²) in [6, 6.07) is -0.892. The van der Waals surface area contributed by atoms with Crippen LogP contribution in [0.25, 0.3) is 0 Å². The van der Waals surface area contributed by atoms with Crippen molar-refractivity contribution < 1.29 is 14.7 Å². The van der Waals surface area contributed by atoms with Crippen molar-refractivity contribution in [1.29, 1.82) is 0 Å². The van der Waals surface area contributed by atoms with Crippen molar-refractivity contribution in [2.45, 2.75) is 32.2 Å². The second-order valence-electron chi connectivity index (χ2n) is 3.70. The number of hydrogen-bond acceptors (Lipinski definition) is 4. The number of nitrogens with one attached hydrogen (secondary N) is 2. The van der Waals surface area contributed by atoms with E-state index in [1.807, 2.05) is 6.92 Å². The highest BCUT2D eigenvalue weighted by Gasteiger charge is 2.21. The molecule has 1 aromatic rings. The fourth-order valence-corrected chi connectivity index (χ4v) is 1.38. The van der Waals surface area contributed by atoms with Gasteiger partial charge >= 0.3 is 5.97 Å². The normalized spacial score (nSPS) is 12.1. The topological polar surface area (TPSA) is 121 Å². The number of aromatic amines is 1. The number of amides is 1. The number of H-pyrrole nitrogens is 1. The lowest BCUT2D eigenvalue weighted by Gasteiger charge is -2.13. The van der Waals surface area contributed by atoms with Crippen LogP contribution in [0.5, 0.6) is 0 Å². The summed E-state index contributed by atoms with van der Waals surface area (Å²) in [5.74, 6) is -1.45. The summed E-state index contributed by atoms with van der Waals surface area (Å²) in [6.07, 6.45) is 3.27. The van der Waals surface area contributed by atoms with Gasteiger partial charge in [0.05, 0.1) is 6.20 Å². The first-order chi connectivity index (χ1) is 8.06. The zero-order valence-electron chi connectivity index (χ0n) is 9.56. The molecule has 1 unspecified atom stereocenters. The summed E-state index contributed by atoms with van der Waals surface area (Å²) in [7, 11) is 0. The molecule has 0 aliphatic carbocycles. The summed E-state index contributed by atoms with van der Waals surface area (Å²) in [5, 5.41) is 17.4. The molecule has 0 fully saturated rings. The number of carboxylic acid groups (broad SMARTS) is 1. The van der Waals surface area contributed by atoms with Crippen LogP contribution in [-0.2, 0) is 4.79 Å². The van der Waals surface area contributed by atoms with Gasteiger partial charge in [0.25, 0.3) is 5.91 Å². The van der Waals surface area contributed by atoms with Gasteiger partial charge in [-0.05, 0) is 6.42 Å².